The Morgan fingerprint density at radius 3 is 2.59 bits per heavy atom. The quantitative estimate of drug-likeness (QED) is 0.677. The molecule has 0 saturated heterocycles. The highest BCUT2D eigenvalue weighted by atomic mass is 35.5. The molecule has 0 bridgehead atoms. The minimum Gasteiger partial charge on any atom is -0.375 e. The van der Waals surface area contributed by atoms with Crippen molar-refractivity contribution in [2.45, 2.75) is 25.0 Å². The van der Waals surface area contributed by atoms with Crippen LogP contribution in [0.5, 0.6) is 0 Å². The van der Waals surface area contributed by atoms with Gasteiger partial charge in [0.25, 0.3) is 5.91 Å². The van der Waals surface area contributed by atoms with Gasteiger partial charge in [-0.1, -0.05) is 41.9 Å². The topological polar surface area (TPSA) is 79.5 Å². The highest BCUT2D eigenvalue weighted by Crippen LogP contribution is 2.24. The molecule has 1 aliphatic carbocycles. The third-order valence-electron chi connectivity index (χ3n) is 4.29. The smallest absolute Gasteiger partial charge is 0.319 e. The Balaban J connectivity index is 1.57. The van der Waals surface area contributed by atoms with E-state index in [1.165, 1.54) is 0 Å². The van der Waals surface area contributed by atoms with Crippen molar-refractivity contribution in [1.82, 2.24) is 10.6 Å². The molecule has 0 heterocycles. The van der Waals surface area contributed by atoms with E-state index in [9.17, 15) is 9.59 Å². The van der Waals surface area contributed by atoms with E-state index in [1.807, 2.05) is 30.3 Å². The van der Waals surface area contributed by atoms with Crippen molar-refractivity contribution in [2.24, 2.45) is 0 Å². The summed E-state index contributed by atoms with van der Waals surface area (Å²) < 4.78 is 5.43. The number of carbonyl (C=O) groups is 2. The summed E-state index contributed by atoms with van der Waals surface area (Å²) in [5, 5.41) is 8.74. The Labute approximate surface area is 163 Å². The van der Waals surface area contributed by atoms with Gasteiger partial charge in [0.2, 0.25) is 0 Å². The number of ether oxygens (including phenoxy) is 1. The zero-order valence-corrected chi connectivity index (χ0v) is 15.8. The summed E-state index contributed by atoms with van der Waals surface area (Å²) >= 11 is 6.12. The molecule has 2 aromatic rings. The average Bonchev–Trinajstić information content (AvgIpc) is 3.48. The molecule has 2 aromatic carbocycles. The van der Waals surface area contributed by atoms with E-state index < -0.39 is 0 Å². The molecular weight excluding hydrogens is 366 g/mol. The Kier molecular flexibility index (Phi) is 6.32. The summed E-state index contributed by atoms with van der Waals surface area (Å²) in [6.45, 7) is 0.314. The van der Waals surface area contributed by atoms with Crippen molar-refractivity contribution in [2.75, 3.05) is 19.0 Å². The van der Waals surface area contributed by atoms with Crippen molar-refractivity contribution < 1.29 is 14.3 Å². The fourth-order valence-corrected chi connectivity index (χ4v) is 2.84. The predicted octanol–water partition coefficient (Wildman–Crippen LogP) is 3.74. The van der Waals surface area contributed by atoms with Crippen molar-refractivity contribution >= 4 is 29.2 Å². The molecular formula is C20H22ClN3O3. The van der Waals surface area contributed by atoms with Gasteiger partial charge in [-0.2, -0.15) is 0 Å². The number of carbonyl (C=O) groups excluding carboxylic acids is 2. The van der Waals surface area contributed by atoms with Gasteiger partial charge in [0.05, 0.1) is 16.7 Å². The zero-order valence-electron chi connectivity index (χ0n) is 15.0. The summed E-state index contributed by atoms with van der Waals surface area (Å²) in [6.07, 6.45) is 1.74. The van der Waals surface area contributed by atoms with Gasteiger partial charge >= 0.3 is 6.03 Å². The van der Waals surface area contributed by atoms with Crippen molar-refractivity contribution in [1.29, 1.82) is 0 Å². The van der Waals surface area contributed by atoms with Crippen LogP contribution >= 0.6 is 11.6 Å². The molecule has 1 aliphatic rings. The number of rotatable bonds is 7. The average molecular weight is 388 g/mol. The van der Waals surface area contributed by atoms with Crippen LogP contribution in [0.4, 0.5) is 10.5 Å². The monoisotopic (exact) mass is 387 g/mol. The van der Waals surface area contributed by atoms with Crippen LogP contribution in [-0.2, 0) is 4.74 Å². The number of benzene rings is 2. The fraction of sp³-hybridized carbons (Fsp3) is 0.300. The van der Waals surface area contributed by atoms with Gasteiger partial charge in [-0.3, -0.25) is 4.79 Å². The number of amides is 3. The third kappa shape index (κ3) is 5.45. The van der Waals surface area contributed by atoms with Gasteiger partial charge in [-0.15, -0.1) is 0 Å². The number of anilines is 1. The van der Waals surface area contributed by atoms with Gasteiger partial charge in [0.1, 0.15) is 0 Å². The molecule has 3 N–H and O–H groups in total. The summed E-state index contributed by atoms with van der Waals surface area (Å²) in [6, 6.07) is 14.3. The van der Waals surface area contributed by atoms with Crippen LogP contribution in [0.1, 0.15) is 34.9 Å². The number of halogens is 1. The lowest BCUT2D eigenvalue weighted by molar-refractivity contribution is 0.0951. The van der Waals surface area contributed by atoms with Crippen LogP contribution in [0, 0.1) is 0 Å². The van der Waals surface area contributed by atoms with E-state index in [1.54, 1.807) is 25.3 Å². The molecule has 0 aliphatic heterocycles. The Hall–Kier alpha value is -2.57. The molecule has 3 amide bonds. The highest BCUT2D eigenvalue weighted by molar-refractivity contribution is 6.34. The van der Waals surface area contributed by atoms with Gasteiger partial charge in [-0.05, 0) is 36.6 Å². The van der Waals surface area contributed by atoms with Crippen LogP contribution in [0.15, 0.2) is 48.5 Å². The van der Waals surface area contributed by atoms with Crippen LogP contribution in [0.25, 0.3) is 0 Å². The maximum Gasteiger partial charge on any atom is 0.319 e. The maximum atomic E-state index is 12.2. The molecule has 1 fully saturated rings. The van der Waals surface area contributed by atoms with E-state index in [0.29, 0.717) is 22.8 Å². The van der Waals surface area contributed by atoms with Gasteiger partial charge in [0, 0.05) is 25.4 Å². The second-order valence-electron chi connectivity index (χ2n) is 6.41. The van der Waals surface area contributed by atoms with E-state index >= 15 is 0 Å². The number of methoxy groups -OCH3 is 1. The number of nitrogens with one attached hydrogen (secondary N) is 3. The van der Waals surface area contributed by atoms with Crippen LogP contribution in [0.3, 0.4) is 0 Å². The fourth-order valence-electron chi connectivity index (χ4n) is 2.63. The Morgan fingerprint density at radius 1 is 1.19 bits per heavy atom. The first-order valence-corrected chi connectivity index (χ1v) is 9.17. The molecule has 142 valence electrons. The number of urea groups is 1. The molecule has 0 aromatic heterocycles. The second kappa shape index (κ2) is 8.88. The molecule has 0 radical (unpaired) electrons. The lowest BCUT2D eigenvalue weighted by Crippen LogP contribution is -2.33. The van der Waals surface area contributed by atoms with Gasteiger partial charge < -0.3 is 20.7 Å². The largest absolute Gasteiger partial charge is 0.375 e. The minimum atomic E-state index is -0.385. The molecule has 6 nitrogen and oxygen atoms in total. The van der Waals surface area contributed by atoms with E-state index in [-0.39, 0.29) is 24.1 Å². The van der Waals surface area contributed by atoms with Crippen LogP contribution in [0.2, 0.25) is 5.02 Å². The van der Waals surface area contributed by atoms with Crippen LogP contribution in [-0.4, -0.2) is 31.6 Å². The van der Waals surface area contributed by atoms with E-state index in [0.717, 1.165) is 18.4 Å². The minimum absolute atomic E-state index is 0.227. The zero-order chi connectivity index (χ0) is 19.2. The van der Waals surface area contributed by atoms with E-state index in [2.05, 4.69) is 16.0 Å². The highest BCUT2D eigenvalue weighted by Gasteiger charge is 2.25. The molecule has 3 rings (SSSR count). The molecule has 27 heavy (non-hydrogen) atoms. The summed E-state index contributed by atoms with van der Waals surface area (Å²) in [5.41, 5.74) is 1.82. The first kappa shape index (κ1) is 19.2. The lowest BCUT2D eigenvalue weighted by Gasteiger charge is -2.17. The predicted molar refractivity (Wildman–Crippen MR) is 105 cm³/mol. The number of hydrogen-bond acceptors (Lipinski definition) is 3. The lowest BCUT2D eigenvalue weighted by atomic mass is 10.1. The standard InChI is InChI=1S/C20H22ClN3O3/c1-27-18(13-5-3-2-4-6-13)12-22-20(26)24-15-9-10-17(21)16(11-15)19(25)23-14-7-8-14/h2-6,9-11,14,18H,7-8,12H2,1H3,(H,23,25)(H2,22,24,26). The summed E-state index contributed by atoms with van der Waals surface area (Å²) in [7, 11) is 1.60. The SMILES string of the molecule is COC(CNC(=O)Nc1ccc(Cl)c(C(=O)NC2CC2)c1)c1ccccc1. The molecule has 7 heteroatoms. The third-order valence-corrected chi connectivity index (χ3v) is 4.61. The van der Waals surface area contributed by atoms with Crippen molar-refractivity contribution in [3.63, 3.8) is 0 Å². The first-order valence-electron chi connectivity index (χ1n) is 8.80. The summed E-state index contributed by atoms with van der Waals surface area (Å²) in [4.78, 5) is 24.4. The Morgan fingerprint density at radius 2 is 1.93 bits per heavy atom. The maximum absolute atomic E-state index is 12.2. The van der Waals surface area contributed by atoms with Gasteiger partial charge in [-0.25, -0.2) is 4.79 Å². The van der Waals surface area contributed by atoms with Crippen molar-refractivity contribution in [3.8, 4) is 0 Å². The van der Waals surface area contributed by atoms with Crippen LogP contribution < -0.4 is 16.0 Å². The normalized spacial score (nSPS) is 14.3. The second-order valence-corrected chi connectivity index (χ2v) is 6.82. The molecule has 0 spiro atoms. The molecule has 1 atom stereocenters. The number of hydrogen-bond donors (Lipinski definition) is 3. The van der Waals surface area contributed by atoms with Gasteiger partial charge in [0.15, 0.2) is 0 Å². The van der Waals surface area contributed by atoms with Crippen molar-refractivity contribution in [3.05, 3.63) is 64.7 Å². The molecule has 1 unspecified atom stereocenters. The van der Waals surface area contributed by atoms with E-state index in [4.69, 9.17) is 16.3 Å². The first-order chi connectivity index (χ1) is 13.1. The Bertz CT molecular complexity index is 809. The summed E-state index contributed by atoms with van der Waals surface area (Å²) in [5.74, 6) is -0.227. The molecule has 1 saturated carbocycles.